The predicted octanol–water partition coefficient (Wildman–Crippen LogP) is 3.18. The van der Waals surface area contributed by atoms with Crippen molar-refractivity contribution >= 4 is 34.9 Å². The average Bonchev–Trinajstić information content (AvgIpc) is 2.54. The first kappa shape index (κ1) is 17.4. The Balaban J connectivity index is 2.02. The number of rotatable bonds is 5. The number of carbonyl (C=O) groups excluding carboxylic acids is 2. The van der Waals surface area contributed by atoms with E-state index < -0.39 is 34.9 Å². The van der Waals surface area contributed by atoms with Gasteiger partial charge in [0.05, 0.1) is 10.6 Å². The molecule has 0 atom stereocenters. The van der Waals surface area contributed by atoms with E-state index in [-0.39, 0.29) is 16.3 Å². The van der Waals surface area contributed by atoms with Gasteiger partial charge in [-0.15, -0.1) is 0 Å². The van der Waals surface area contributed by atoms with E-state index in [1.807, 2.05) is 0 Å². The van der Waals surface area contributed by atoms with Gasteiger partial charge in [0.25, 0.3) is 11.6 Å². The van der Waals surface area contributed by atoms with E-state index in [0.29, 0.717) is 0 Å². The lowest BCUT2D eigenvalue weighted by molar-refractivity contribution is -0.385. The Morgan fingerprint density at radius 3 is 2.62 bits per heavy atom. The molecule has 2 aromatic rings. The molecule has 0 bridgehead atoms. The van der Waals surface area contributed by atoms with E-state index in [1.165, 1.54) is 24.3 Å². The smallest absolute Gasteiger partial charge is 0.345 e. The van der Waals surface area contributed by atoms with E-state index in [9.17, 15) is 24.1 Å². The first-order chi connectivity index (χ1) is 11.4. The number of nitro benzene ring substituents is 1. The van der Waals surface area contributed by atoms with Gasteiger partial charge in [0.15, 0.2) is 6.61 Å². The summed E-state index contributed by atoms with van der Waals surface area (Å²) in [4.78, 5) is 33.7. The fourth-order valence-corrected chi connectivity index (χ4v) is 1.95. The molecular weight excluding hydrogens is 343 g/mol. The molecule has 1 amide bonds. The number of esters is 1. The van der Waals surface area contributed by atoms with Crippen LogP contribution in [0.2, 0.25) is 5.02 Å². The molecule has 0 aliphatic rings. The Labute approximate surface area is 140 Å². The highest BCUT2D eigenvalue weighted by molar-refractivity contribution is 6.31. The minimum Gasteiger partial charge on any atom is -0.452 e. The van der Waals surface area contributed by atoms with Crippen LogP contribution in [0.15, 0.2) is 42.5 Å². The lowest BCUT2D eigenvalue weighted by Gasteiger charge is -2.07. The second kappa shape index (κ2) is 7.51. The zero-order chi connectivity index (χ0) is 17.7. The fourth-order valence-electron chi connectivity index (χ4n) is 1.79. The topological polar surface area (TPSA) is 98.5 Å². The standard InChI is InChI=1S/C15H10ClFN2O5/c16-9-5-6-10(13(7-9)19(22)23)15(21)24-8-14(20)18-12-4-2-1-3-11(12)17/h1-7H,8H2,(H,18,20). The summed E-state index contributed by atoms with van der Waals surface area (Å²) in [5, 5.41) is 13.2. The summed E-state index contributed by atoms with van der Waals surface area (Å²) in [7, 11) is 0. The first-order valence-electron chi connectivity index (χ1n) is 6.54. The maximum absolute atomic E-state index is 13.4. The number of amides is 1. The molecule has 2 rings (SSSR count). The van der Waals surface area contributed by atoms with Gasteiger partial charge in [-0.05, 0) is 24.3 Å². The summed E-state index contributed by atoms with van der Waals surface area (Å²) in [5.41, 5.74) is -0.957. The summed E-state index contributed by atoms with van der Waals surface area (Å²) in [6, 6.07) is 8.85. The molecule has 7 nitrogen and oxygen atoms in total. The molecule has 0 aromatic heterocycles. The summed E-state index contributed by atoms with van der Waals surface area (Å²) < 4.78 is 18.1. The highest BCUT2D eigenvalue weighted by Gasteiger charge is 2.22. The number of nitrogens with zero attached hydrogens (tertiary/aromatic N) is 1. The third kappa shape index (κ3) is 4.26. The predicted molar refractivity (Wildman–Crippen MR) is 83.4 cm³/mol. The van der Waals surface area contributed by atoms with Crippen LogP contribution in [0.5, 0.6) is 0 Å². The monoisotopic (exact) mass is 352 g/mol. The Morgan fingerprint density at radius 2 is 1.96 bits per heavy atom. The first-order valence-corrected chi connectivity index (χ1v) is 6.91. The lowest BCUT2D eigenvalue weighted by Crippen LogP contribution is -2.21. The maximum Gasteiger partial charge on any atom is 0.345 e. The molecule has 2 aromatic carbocycles. The van der Waals surface area contributed by atoms with E-state index in [4.69, 9.17) is 16.3 Å². The van der Waals surface area contributed by atoms with Gasteiger partial charge in [-0.3, -0.25) is 14.9 Å². The Kier molecular flexibility index (Phi) is 5.43. The minimum absolute atomic E-state index is 0.0731. The molecule has 0 aliphatic heterocycles. The molecule has 1 N–H and O–H groups in total. The quantitative estimate of drug-likeness (QED) is 0.506. The number of para-hydroxylation sites is 1. The molecule has 0 heterocycles. The van der Waals surface area contributed by atoms with Crippen molar-refractivity contribution in [3.05, 3.63) is 69.0 Å². The summed E-state index contributed by atoms with van der Waals surface area (Å²) in [5.74, 6) is -2.50. The zero-order valence-corrected chi connectivity index (χ0v) is 12.7. The van der Waals surface area contributed by atoms with Gasteiger partial charge < -0.3 is 10.1 Å². The molecule has 0 unspecified atom stereocenters. The minimum atomic E-state index is -1.07. The van der Waals surface area contributed by atoms with Gasteiger partial charge in [0.2, 0.25) is 0 Å². The highest BCUT2D eigenvalue weighted by Crippen LogP contribution is 2.23. The van der Waals surface area contributed by atoms with Crippen LogP contribution in [0, 0.1) is 15.9 Å². The SMILES string of the molecule is O=C(COC(=O)c1ccc(Cl)cc1[N+](=O)[O-])Nc1ccccc1F. The number of anilines is 1. The summed E-state index contributed by atoms with van der Waals surface area (Å²) in [6.07, 6.45) is 0. The number of benzene rings is 2. The van der Waals surface area contributed by atoms with Gasteiger partial charge in [-0.25, -0.2) is 9.18 Å². The van der Waals surface area contributed by atoms with Gasteiger partial charge in [0, 0.05) is 11.1 Å². The van der Waals surface area contributed by atoms with E-state index >= 15 is 0 Å². The molecule has 124 valence electrons. The van der Waals surface area contributed by atoms with Crippen molar-refractivity contribution < 1.29 is 23.6 Å². The van der Waals surface area contributed by atoms with Gasteiger partial charge in [-0.2, -0.15) is 0 Å². The third-order valence-electron chi connectivity index (χ3n) is 2.86. The molecule has 0 spiro atoms. The summed E-state index contributed by atoms with van der Waals surface area (Å²) in [6.45, 7) is -0.729. The van der Waals surface area contributed by atoms with Crippen molar-refractivity contribution in [2.45, 2.75) is 0 Å². The fraction of sp³-hybridized carbons (Fsp3) is 0.0667. The van der Waals surface area contributed by atoms with E-state index in [2.05, 4.69) is 5.32 Å². The highest BCUT2D eigenvalue weighted by atomic mass is 35.5. The molecule has 9 heteroatoms. The van der Waals surface area contributed by atoms with Crippen molar-refractivity contribution in [2.24, 2.45) is 0 Å². The number of nitro groups is 1. The van der Waals surface area contributed by atoms with Crippen LogP contribution < -0.4 is 5.32 Å². The molecule has 0 radical (unpaired) electrons. The van der Waals surface area contributed by atoms with Crippen molar-refractivity contribution in [2.75, 3.05) is 11.9 Å². The van der Waals surface area contributed by atoms with Crippen LogP contribution in [0.25, 0.3) is 0 Å². The van der Waals surface area contributed by atoms with Crippen LogP contribution >= 0.6 is 11.6 Å². The molecule has 0 fully saturated rings. The normalized spacial score (nSPS) is 10.1. The Hall–Kier alpha value is -3.00. The molecule has 0 saturated carbocycles. The molecule has 0 saturated heterocycles. The second-order valence-corrected chi connectivity index (χ2v) is 4.96. The number of carbonyl (C=O) groups is 2. The van der Waals surface area contributed by atoms with Gasteiger partial charge >= 0.3 is 5.97 Å². The molecular formula is C15H10ClFN2O5. The molecule has 24 heavy (non-hydrogen) atoms. The van der Waals surface area contributed by atoms with Crippen LogP contribution in [0.1, 0.15) is 10.4 Å². The number of nitrogens with one attached hydrogen (secondary N) is 1. The largest absolute Gasteiger partial charge is 0.452 e. The van der Waals surface area contributed by atoms with Crippen molar-refractivity contribution in [3.63, 3.8) is 0 Å². The number of ether oxygens (including phenoxy) is 1. The van der Waals surface area contributed by atoms with Crippen molar-refractivity contribution in [1.82, 2.24) is 0 Å². The van der Waals surface area contributed by atoms with E-state index in [0.717, 1.165) is 18.2 Å². The zero-order valence-electron chi connectivity index (χ0n) is 12.0. The third-order valence-corrected chi connectivity index (χ3v) is 3.09. The van der Waals surface area contributed by atoms with Gasteiger partial charge in [0.1, 0.15) is 11.4 Å². The van der Waals surface area contributed by atoms with Crippen LogP contribution in [0.4, 0.5) is 15.8 Å². The van der Waals surface area contributed by atoms with Crippen molar-refractivity contribution in [1.29, 1.82) is 0 Å². The number of hydrogen-bond donors (Lipinski definition) is 1. The molecule has 0 aliphatic carbocycles. The summed E-state index contributed by atoms with van der Waals surface area (Å²) >= 11 is 5.64. The number of halogens is 2. The van der Waals surface area contributed by atoms with Crippen LogP contribution in [-0.4, -0.2) is 23.4 Å². The second-order valence-electron chi connectivity index (χ2n) is 4.52. The Bertz CT molecular complexity index is 812. The Morgan fingerprint density at radius 1 is 1.25 bits per heavy atom. The maximum atomic E-state index is 13.4. The van der Waals surface area contributed by atoms with Gasteiger partial charge in [-0.1, -0.05) is 23.7 Å². The number of hydrogen-bond acceptors (Lipinski definition) is 5. The van der Waals surface area contributed by atoms with Crippen LogP contribution in [-0.2, 0) is 9.53 Å². The van der Waals surface area contributed by atoms with Crippen molar-refractivity contribution in [3.8, 4) is 0 Å². The lowest BCUT2D eigenvalue weighted by atomic mass is 10.2. The van der Waals surface area contributed by atoms with Crippen LogP contribution in [0.3, 0.4) is 0 Å². The van der Waals surface area contributed by atoms with E-state index in [1.54, 1.807) is 0 Å². The average molecular weight is 353 g/mol.